The third-order valence-corrected chi connectivity index (χ3v) is 3.01. The van der Waals surface area contributed by atoms with Gasteiger partial charge in [-0.05, 0) is 23.3 Å². The van der Waals surface area contributed by atoms with Crippen LogP contribution in [0.3, 0.4) is 0 Å². The second-order valence-corrected chi connectivity index (χ2v) is 3.96. The lowest BCUT2D eigenvalue weighted by molar-refractivity contribution is 0.311. The summed E-state index contributed by atoms with van der Waals surface area (Å²) in [5.41, 5.74) is 4.04. The Labute approximate surface area is 83.7 Å². The van der Waals surface area contributed by atoms with Crippen LogP contribution in [0.25, 0.3) is 0 Å². The maximum atomic E-state index is 5.65. The predicted molar refractivity (Wildman–Crippen MR) is 55.8 cm³/mol. The molecular weight excluding hydrogens is 176 g/mol. The molecule has 74 valence electrons. The van der Waals surface area contributed by atoms with Crippen LogP contribution in [0.15, 0.2) is 12.1 Å². The standard InChI is InChI=1S/C11H14N2O/c1-13-2-3-14-11-5-9-7-12-6-8(9)4-10(11)13/h4-5,12H,2-3,6-7H2,1H3. The van der Waals surface area contributed by atoms with Crippen LogP contribution in [0.4, 0.5) is 5.69 Å². The van der Waals surface area contributed by atoms with Crippen LogP contribution in [0.2, 0.25) is 0 Å². The molecule has 0 saturated heterocycles. The van der Waals surface area contributed by atoms with Gasteiger partial charge in [0, 0.05) is 20.1 Å². The van der Waals surface area contributed by atoms with Crippen LogP contribution in [-0.4, -0.2) is 20.2 Å². The van der Waals surface area contributed by atoms with Gasteiger partial charge in [-0.15, -0.1) is 0 Å². The fourth-order valence-electron chi connectivity index (χ4n) is 2.14. The second-order valence-electron chi connectivity index (χ2n) is 3.96. The van der Waals surface area contributed by atoms with Crippen LogP contribution in [0.1, 0.15) is 11.1 Å². The quantitative estimate of drug-likeness (QED) is 0.663. The van der Waals surface area contributed by atoms with Gasteiger partial charge in [-0.3, -0.25) is 0 Å². The van der Waals surface area contributed by atoms with Crippen LogP contribution >= 0.6 is 0 Å². The maximum absolute atomic E-state index is 5.65. The van der Waals surface area contributed by atoms with Crippen LogP contribution in [0.5, 0.6) is 5.75 Å². The summed E-state index contributed by atoms with van der Waals surface area (Å²) in [6.45, 7) is 3.76. The molecule has 0 atom stereocenters. The topological polar surface area (TPSA) is 24.5 Å². The summed E-state index contributed by atoms with van der Waals surface area (Å²) in [6.07, 6.45) is 0. The molecule has 0 spiro atoms. The Balaban J connectivity index is 2.12. The lowest BCUT2D eigenvalue weighted by Gasteiger charge is -2.28. The molecule has 0 unspecified atom stereocenters. The molecule has 2 aliphatic heterocycles. The maximum Gasteiger partial charge on any atom is 0.143 e. The minimum atomic E-state index is 0.801. The van der Waals surface area contributed by atoms with E-state index in [0.717, 1.165) is 32.0 Å². The molecule has 0 saturated carbocycles. The van der Waals surface area contributed by atoms with Crippen molar-refractivity contribution in [3.8, 4) is 5.75 Å². The monoisotopic (exact) mass is 190 g/mol. The van der Waals surface area contributed by atoms with Gasteiger partial charge in [-0.1, -0.05) is 0 Å². The highest BCUT2D eigenvalue weighted by atomic mass is 16.5. The van der Waals surface area contributed by atoms with Gasteiger partial charge >= 0.3 is 0 Å². The zero-order valence-corrected chi connectivity index (χ0v) is 8.34. The number of hydrogen-bond donors (Lipinski definition) is 1. The lowest BCUT2D eigenvalue weighted by atomic mass is 10.1. The Morgan fingerprint density at radius 1 is 1.29 bits per heavy atom. The van der Waals surface area contributed by atoms with E-state index in [4.69, 9.17) is 4.74 Å². The van der Waals surface area contributed by atoms with Gasteiger partial charge in [-0.2, -0.15) is 0 Å². The molecule has 0 aromatic heterocycles. The van der Waals surface area contributed by atoms with Crippen LogP contribution < -0.4 is 15.0 Å². The Morgan fingerprint density at radius 2 is 2.07 bits per heavy atom. The van der Waals surface area contributed by atoms with Gasteiger partial charge in [0.2, 0.25) is 0 Å². The van der Waals surface area contributed by atoms with Crippen molar-refractivity contribution in [3.05, 3.63) is 23.3 Å². The van der Waals surface area contributed by atoms with E-state index >= 15 is 0 Å². The third kappa shape index (κ3) is 1.09. The fraction of sp³-hybridized carbons (Fsp3) is 0.455. The minimum Gasteiger partial charge on any atom is -0.490 e. The molecule has 3 nitrogen and oxygen atoms in total. The van der Waals surface area contributed by atoms with Crippen molar-refractivity contribution in [1.82, 2.24) is 5.32 Å². The summed E-state index contributed by atoms with van der Waals surface area (Å²) in [5, 5.41) is 3.35. The van der Waals surface area contributed by atoms with Crippen molar-refractivity contribution in [3.63, 3.8) is 0 Å². The van der Waals surface area contributed by atoms with Crippen molar-refractivity contribution in [1.29, 1.82) is 0 Å². The van der Waals surface area contributed by atoms with E-state index in [2.05, 4.69) is 29.4 Å². The Hall–Kier alpha value is -1.22. The number of likely N-dealkylation sites (N-methyl/N-ethyl adjacent to an activating group) is 1. The van der Waals surface area contributed by atoms with E-state index < -0.39 is 0 Å². The molecule has 0 fully saturated rings. The number of nitrogens with zero attached hydrogens (tertiary/aromatic N) is 1. The summed E-state index contributed by atoms with van der Waals surface area (Å²) in [5.74, 6) is 1.04. The van der Waals surface area contributed by atoms with E-state index in [-0.39, 0.29) is 0 Å². The normalized spacial score (nSPS) is 18.8. The van der Waals surface area contributed by atoms with Crippen molar-refractivity contribution >= 4 is 5.69 Å². The summed E-state index contributed by atoms with van der Waals surface area (Å²) in [4.78, 5) is 2.26. The highest BCUT2D eigenvalue weighted by Gasteiger charge is 2.19. The largest absolute Gasteiger partial charge is 0.490 e. The third-order valence-electron chi connectivity index (χ3n) is 3.01. The molecule has 2 aliphatic rings. The average molecular weight is 190 g/mol. The van der Waals surface area contributed by atoms with Gasteiger partial charge in [0.25, 0.3) is 0 Å². The Bertz CT molecular complexity index is 376. The average Bonchev–Trinajstić information content (AvgIpc) is 2.62. The summed E-state index contributed by atoms with van der Waals surface area (Å²) >= 11 is 0. The summed E-state index contributed by atoms with van der Waals surface area (Å²) in [6, 6.07) is 4.43. The lowest BCUT2D eigenvalue weighted by Crippen LogP contribution is -2.28. The van der Waals surface area contributed by atoms with Crippen molar-refractivity contribution in [2.75, 3.05) is 25.1 Å². The number of ether oxygens (including phenoxy) is 1. The molecule has 0 amide bonds. The van der Waals surface area contributed by atoms with E-state index in [9.17, 15) is 0 Å². The first-order valence-corrected chi connectivity index (χ1v) is 5.05. The molecule has 0 bridgehead atoms. The zero-order chi connectivity index (χ0) is 9.54. The Morgan fingerprint density at radius 3 is 2.93 bits per heavy atom. The number of hydrogen-bond acceptors (Lipinski definition) is 3. The molecule has 2 heterocycles. The number of nitrogens with one attached hydrogen (secondary N) is 1. The summed E-state index contributed by atoms with van der Waals surface area (Å²) in [7, 11) is 2.12. The number of fused-ring (bicyclic) bond motifs is 2. The van der Waals surface area contributed by atoms with Crippen molar-refractivity contribution in [2.45, 2.75) is 13.1 Å². The molecule has 0 aliphatic carbocycles. The molecule has 0 radical (unpaired) electrons. The Kier molecular flexibility index (Phi) is 1.67. The van der Waals surface area contributed by atoms with Gasteiger partial charge in [0.15, 0.2) is 0 Å². The van der Waals surface area contributed by atoms with E-state index in [0.29, 0.717) is 0 Å². The number of benzene rings is 1. The fourth-order valence-corrected chi connectivity index (χ4v) is 2.14. The highest BCUT2D eigenvalue weighted by Crippen LogP contribution is 2.34. The summed E-state index contributed by atoms with van der Waals surface area (Å²) < 4.78 is 5.65. The molecule has 1 N–H and O–H groups in total. The SMILES string of the molecule is CN1CCOc2cc3c(cc21)CNC3. The second kappa shape index (κ2) is 2.89. The van der Waals surface area contributed by atoms with Gasteiger partial charge in [-0.25, -0.2) is 0 Å². The molecule has 14 heavy (non-hydrogen) atoms. The number of anilines is 1. The first kappa shape index (κ1) is 8.12. The van der Waals surface area contributed by atoms with E-state index in [1.807, 2.05) is 0 Å². The van der Waals surface area contributed by atoms with Crippen LogP contribution in [-0.2, 0) is 13.1 Å². The number of rotatable bonds is 0. The molecule has 1 aromatic rings. The predicted octanol–water partition coefficient (Wildman–Crippen LogP) is 1.12. The van der Waals surface area contributed by atoms with Gasteiger partial charge in [0.05, 0.1) is 12.2 Å². The molecule has 3 rings (SSSR count). The van der Waals surface area contributed by atoms with Crippen molar-refractivity contribution < 1.29 is 4.74 Å². The van der Waals surface area contributed by atoms with Gasteiger partial charge in [0.1, 0.15) is 12.4 Å². The zero-order valence-electron chi connectivity index (χ0n) is 8.34. The molecule has 1 aromatic carbocycles. The van der Waals surface area contributed by atoms with Gasteiger partial charge < -0.3 is 15.0 Å². The molecule has 3 heteroatoms. The van der Waals surface area contributed by atoms with Crippen LogP contribution in [0, 0.1) is 0 Å². The highest BCUT2D eigenvalue weighted by molar-refractivity contribution is 5.63. The minimum absolute atomic E-state index is 0.801. The van der Waals surface area contributed by atoms with E-state index in [1.54, 1.807) is 0 Å². The first-order valence-electron chi connectivity index (χ1n) is 5.05. The first-order chi connectivity index (χ1) is 6.84. The smallest absolute Gasteiger partial charge is 0.143 e. The van der Waals surface area contributed by atoms with Crippen molar-refractivity contribution in [2.24, 2.45) is 0 Å². The molecular formula is C11H14N2O. The van der Waals surface area contributed by atoms with E-state index in [1.165, 1.54) is 16.8 Å².